The summed E-state index contributed by atoms with van der Waals surface area (Å²) >= 11 is 0. The molecule has 0 fully saturated rings. The standard InChI is InChI=1S/C22H27N5O3.HI/c1-15-5-7-17(8-6-15)21-27-18(14-30-21)13-26-22(23-3)25-11-4-10-24-20(28)19-16(2)9-12-29-19;/h5-9,12,14H,4,10-11,13H2,1-3H3,(H,24,28)(H2,23,25,26);1H. The normalized spacial score (nSPS) is 11.0. The Balaban J connectivity index is 0.00000341. The Kier molecular flexibility index (Phi) is 9.57. The van der Waals surface area contributed by atoms with Crippen molar-refractivity contribution in [3.63, 3.8) is 0 Å². The minimum Gasteiger partial charge on any atom is -0.459 e. The fourth-order valence-corrected chi connectivity index (χ4v) is 2.79. The quantitative estimate of drug-likeness (QED) is 0.175. The van der Waals surface area contributed by atoms with Gasteiger partial charge in [-0.25, -0.2) is 4.98 Å². The highest BCUT2D eigenvalue weighted by molar-refractivity contribution is 14.0. The number of aliphatic imine (C=N–C) groups is 1. The molecule has 2 heterocycles. The number of nitrogens with zero attached hydrogens (tertiary/aromatic N) is 2. The predicted molar refractivity (Wildman–Crippen MR) is 131 cm³/mol. The smallest absolute Gasteiger partial charge is 0.287 e. The maximum Gasteiger partial charge on any atom is 0.287 e. The summed E-state index contributed by atoms with van der Waals surface area (Å²) in [6, 6.07) is 9.81. The van der Waals surface area contributed by atoms with Crippen LogP contribution in [-0.4, -0.2) is 37.0 Å². The van der Waals surface area contributed by atoms with Gasteiger partial charge >= 0.3 is 0 Å². The number of halogens is 1. The summed E-state index contributed by atoms with van der Waals surface area (Å²) in [6.07, 6.45) is 3.90. The van der Waals surface area contributed by atoms with Gasteiger partial charge < -0.3 is 24.8 Å². The molecule has 0 radical (unpaired) electrons. The van der Waals surface area contributed by atoms with Crippen LogP contribution in [-0.2, 0) is 6.54 Å². The van der Waals surface area contributed by atoms with E-state index in [2.05, 4.69) is 25.9 Å². The second-order valence-electron chi connectivity index (χ2n) is 6.90. The highest BCUT2D eigenvalue weighted by atomic mass is 127. The van der Waals surface area contributed by atoms with Crippen LogP contribution in [0.5, 0.6) is 0 Å². The van der Waals surface area contributed by atoms with Crippen molar-refractivity contribution in [1.82, 2.24) is 20.9 Å². The first-order valence-electron chi connectivity index (χ1n) is 9.85. The Bertz CT molecular complexity index is 995. The molecule has 3 N–H and O–H groups in total. The average Bonchev–Trinajstić information content (AvgIpc) is 3.39. The monoisotopic (exact) mass is 537 g/mol. The molecule has 1 amide bonds. The molecule has 9 heteroatoms. The zero-order valence-corrected chi connectivity index (χ0v) is 20.2. The lowest BCUT2D eigenvalue weighted by molar-refractivity contribution is 0.0925. The molecular formula is C22H28IN5O3. The van der Waals surface area contributed by atoms with E-state index in [0.717, 1.165) is 23.2 Å². The van der Waals surface area contributed by atoms with Crippen LogP contribution in [0.25, 0.3) is 11.5 Å². The topological polar surface area (TPSA) is 105 Å². The third kappa shape index (κ3) is 7.12. The number of benzene rings is 1. The number of guanidine groups is 1. The van der Waals surface area contributed by atoms with Crippen LogP contribution in [0.1, 0.15) is 33.8 Å². The molecule has 3 rings (SSSR count). The van der Waals surface area contributed by atoms with Gasteiger partial charge in [-0.3, -0.25) is 9.79 Å². The van der Waals surface area contributed by atoms with E-state index in [1.807, 2.05) is 38.1 Å². The number of carbonyl (C=O) groups is 1. The zero-order chi connectivity index (χ0) is 21.3. The van der Waals surface area contributed by atoms with Crippen molar-refractivity contribution in [3.05, 3.63) is 65.4 Å². The van der Waals surface area contributed by atoms with Gasteiger partial charge in [0.25, 0.3) is 5.91 Å². The summed E-state index contributed by atoms with van der Waals surface area (Å²) in [5, 5.41) is 9.26. The molecular weight excluding hydrogens is 509 g/mol. The Morgan fingerprint density at radius 1 is 1.03 bits per heavy atom. The molecule has 0 spiro atoms. The summed E-state index contributed by atoms with van der Waals surface area (Å²) in [6.45, 7) is 5.57. The number of furan rings is 1. The molecule has 0 aliphatic rings. The van der Waals surface area contributed by atoms with Gasteiger partial charge in [-0.05, 0) is 38.5 Å². The fourth-order valence-electron chi connectivity index (χ4n) is 2.79. The maximum atomic E-state index is 12.0. The highest BCUT2D eigenvalue weighted by Gasteiger charge is 2.11. The second-order valence-corrected chi connectivity index (χ2v) is 6.90. The van der Waals surface area contributed by atoms with Crippen molar-refractivity contribution in [1.29, 1.82) is 0 Å². The van der Waals surface area contributed by atoms with Crippen molar-refractivity contribution in [2.24, 2.45) is 4.99 Å². The first-order valence-corrected chi connectivity index (χ1v) is 9.85. The molecule has 0 aliphatic carbocycles. The highest BCUT2D eigenvalue weighted by Crippen LogP contribution is 2.18. The Morgan fingerprint density at radius 2 is 1.77 bits per heavy atom. The molecule has 31 heavy (non-hydrogen) atoms. The molecule has 2 aromatic heterocycles. The number of nitrogens with one attached hydrogen (secondary N) is 3. The number of oxazole rings is 1. The molecule has 0 aliphatic heterocycles. The van der Waals surface area contributed by atoms with E-state index in [1.54, 1.807) is 19.4 Å². The lowest BCUT2D eigenvalue weighted by atomic mass is 10.1. The lowest BCUT2D eigenvalue weighted by Crippen LogP contribution is -2.38. The molecule has 1 aromatic carbocycles. The molecule has 166 valence electrons. The number of hydrogen-bond acceptors (Lipinski definition) is 5. The van der Waals surface area contributed by atoms with E-state index in [4.69, 9.17) is 8.83 Å². The van der Waals surface area contributed by atoms with E-state index in [9.17, 15) is 4.79 Å². The van der Waals surface area contributed by atoms with E-state index in [0.29, 0.717) is 37.2 Å². The lowest BCUT2D eigenvalue weighted by Gasteiger charge is -2.11. The first-order chi connectivity index (χ1) is 14.6. The molecule has 0 bridgehead atoms. The van der Waals surface area contributed by atoms with Crippen LogP contribution >= 0.6 is 24.0 Å². The van der Waals surface area contributed by atoms with Crippen LogP contribution in [0.15, 0.2) is 56.7 Å². The Morgan fingerprint density at radius 3 is 2.45 bits per heavy atom. The van der Waals surface area contributed by atoms with E-state index >= 15 is 0 Å². The summed E-state index contributed by atoms with van der Waals surface area (Å²) < 4.78 is 10.7. The SMILES string of the molecule is CN=C(NCCCNC(=O)c1occc1C)NCc1coc(-c2ccc(C)cc2)n1.I. The number of carbonyl (C=O) groups excluding carboxylic acids is 1. The summed E-state index contributed by atoms with van der Waals surface area (Å²) in [5.74, 6) is 1.41. The van der Waals surface area contributed by atoms with Gasteiger partial charge in [-0.2, -0.15) is 0 Å². The van der Waals surface area contributed by atoms with Crippen LogP contribution < -0.4 is 16.0 Å². The number of aryl methyl sites for hydroxylation is 2. The Hall–Kier alpha value is -2.82. The van der Waals surface area contributed by atoms with Crippen LogP contribution in [0, 0.1) is 13.8 Å². The van der Waals surface area contributed by atoms with Gasteiger partial charge in [0.2, 0.25) is 5.89 Å². The molecule has 0 saturated carbocycles. The van der Waals surface area contributed by atoms with E-state index in [-0.39, 0.29) is 29.9 Å². The van der Waals surface area contributed by atoms with Gasteiger partial charge in [-0.1, -0.05) is 17.7 Å². The molecule has 8 nitrogen and oxygen atoms in total. The molecule has 0 atom stereocenters. The van der Waals surface area contributed by atoms with Gasteiger partial charge in [0.1, 0.15) is 6.26 Å². The summed E-state index contributed by atoms with van der Waals surface area (Å²) in [7, 11) is 1.71. The minimum atomic E-state index is -0.199. The molecule has 0 unspecified atom stereocenters. The van der Waals surface area contributed by atoms with Crippen molar-refractivity contribution >= 4 is 35.8 Å². The largest absolute Gasteiger partial charge is 0.459 e. The van der Waals surface area contributed by atoms with Crippen LogP contribution in [0.2, 0.25) is 0 Å². The van der Waals surface area contributed by atoms with Gasteiger partial charge in [0.05, 0.1) is 18.5 Å². The van der Waals surface area contributed by atoms with Crippen LogP contribution in [0.4, 0.5) is 0 Å². The third-order valence-corrected chi connectivity index (χ3v) is 4.51. The first kappa shape index (κ1) is 24.4. The zero-order valence-electron chi connectivity index (χ0n) is 17.9. The molecule has 3 aromatic rings. The second kappa shape index (κ2) is 12.1. The Labute approximate surface area is 198 Å². The molecule has 0 saturated heterocycles. The summed E-state index contributed by atoms with van der Waals surface area (Å²) in [4.78, 5) is 20.7. The fraction of sp³-hybridized carbons (Fsp3) is 0.318. The van der Waals surface area contributed by atoms with Gasteiger partial charge in [0.15, 0.2) is 11.7 Å². The maximum absolute atomic E-state index is 12.0. The van der Waals surface area contributed by atoms with Gasteiger partial charge in [-0.15, -0.1) is 24.0 Å². The number of rotatable bonds is 8. The van der Waals surface area contributed by atoms with Gasteiger partial charge in [0, 0.05) is 31.3 Å². The van der Waals surface area contributed by atoms with Crippen molar-refractivity contribution in [2.45, 2.75) is 26.8 Å². The summed E-state index contributed by atoms with van der Waals surface area (Å²) in [5.41, 5.74) is 3.75. The number of amides is 1. The number of hydrogen-bond donors (Lipinski definition) is 3. The van der Waals surface area contributed by atoms with E-state index < -0.39 is 0 Å². The third-order valence-electron chi connectivity index (χ3n) is 4.51. The predicted octanol–water partition coefficient (Wildman–Crippen LogP) is 3.65. The van der Waals surface area contributed by atoms with E-state index in [1.165, 1.54) is 11.8 Å². The minimum absolute atomic E-state index is 0. The van der Waals surface area contributed by atoms with Crippen molar-refractivity contribution < 1.29 is 13.6 Å². The number of aromatic nitrogens is 1. The van der Waals surface area contributed by atoms with Crippen molar-refractivity contribution in [3.8, 4) is 11.5 Å². The van der Waals surface area contributed by atoms with Crippen LogP contribution in [0.3, 0.4) is 0 Å². The average molecular weight is 537 g/mol. The van der Waals surface area contributed by atoms with Crippen molar-refractivity contribution in [2.75, 3.05) is 20.1 Å².